The van der Waals surface area contributed by atoms with Gasteiger partial charge in [0.25, 0.3) is 0 Å². The fourth-order valence-corrected chi connectivity index (χ4v) is 2.56. The number of likely N-dealkylation sites (tertiary alicyclic amines) is 1. The summed E-state index contributed by atoms with van der Waals surface area (Å²) in [5.41, 5.74) is -0.231. The van der Waals surface area contributed by atoms with Crippen LogP contribution in [0, 0.1) is 11.2 Å². The van der Waals surface area contributed by atoms with E-state index in [1.54, 1.807) is 12.1 Å². The zero-order valence-electron chi connectivity index (χ0n) is 11.9. The highest BCUT2D eigenvalue weighted by molar-refractivity contribution is 5.92. The molecule has 1 aromatic carbocycles. The molecule has 1 saturated heterocycles. The first kappa shape index (κ1) is 15.2. The molecule has 1 fully saturated rings. The number of carboxylic acid groups (broad SMARTS) is 1. The van der Waals surface area contributed by atoms with Crippen LogP contribution >= 0.6 is 0 Å². The van der Waals surface area contributed by atoms with E-state index in [-0.39, 0.29) is 18.3 Å². The van der Waals surface area contributed by atoms with Crippen LogP contribution in [0.3, 0.4) is 0 Å². The molecule has 2 rings (SSSR count). The highest BCUT2D eigenvalue weighted by Crippen LogP contribution is 2.34. The van der Waals surface area contributed by atoms with Crippen LogP contribution < -0.4 is 0 Å². The number of aliphatic carboxylic acids is 1. The van der Waals surface area contributed by atoms with Crippen LogP contribution in [0.4, 0.5) is 4.39 Å². The molecular formula is C16H18FNO3. The summed E-state index contributed by atoms with van der Waals surface area (Å²) in [6.45, 7) is 2.49. The molecule has 5 heteroatoms. The molecule has 0 aromatic heterocycles. The third kappa shape index (κ3) is 3.29. The van der Waals surface area contributed by atoms with Crippen LogP contribution in [0.25, 0.3) is 6.08 Å². The van der Waals surface area contributed by atoms with Gasteiger partial charge in [-0.2, -0.15) is 0 Å². The van der Waals surface area contributed by atoms with Crippen molar-refractivity contribution in [1.82, 2.24) is 4.90 Å². The van der Waals surface area contributed by atoms with E-state index in [9.17, 15) is 19.1 Å². The van der Waals surface area contributed by atoms with Crippen LogP contribution in [0.2, 0.25) is 0 Å². The Balaban J connectivity index is 2.04. The van der Waals surface area contributed by atoms with E-state index in [1.807, 2.05) is 6.92 Å². The predicted octanol–water partition coefficient (Wildman–Crippen LogP) is 2.55. The van der Waals surface area contributed by atoms with E-state index < -0.39 is 11.4 Å². The number of amides is 1. The van der Waals surface area contributed by atoms with Crippen molar-refractivity contribution in [2.45, 2.75) is 19.8 Å². The number of hydrogen-bond donors (Lipinski definition) is 1. The second-order valence-corrected chi connectivity index (χ2v) is 5.34. The molecule has 1 amide bonds. The number of hydrogen-bond acceptors (Lipinski definition) is 2. The zero-order chi connectivity index (χ0) is 15.5. The minimum absolute atomic E-state index is 0.227. The predicted molar refractivity (Wildman–Crippen MR) is 77.0 cm³/mol. The average molecular weight is 291 g/mol. The van der Waals surface area contributed by atoms with Gasteiger partial charge in [-0.3, -0.25) is 9.59 Å². The maximum absolute atomic E-state index is 13.0. The van der Waals surface area contributed by atoms with Gasteiger partial charge in [-0.05, 0) is 36.6 Å². The Hall–Kier alpha value is -2.17. The smallest absolute Gasteiger partial charge is 0.311 e. The maximum atomic E-state index is 13.0. The molecule has 4 nitrogen and oxygen atoms in total. The minimum atomic E-state index is -0.852. The molecule has 0 radical (unpaired) electrons. The summed E-state index contributed by atoms with van der Waals surface area (Å²) in [5.74, 6) is -1.45. The molecule has 1 atom stereocenters. The van der Waals surface area contributed by atoms with Gasteiger partial charge in [-0.1, -0.05) is 19.1 Å². The van der Waals surface area contributed by atoms with Crippen molar-refractivity contribution in [2.24, 2.45) is 5.41 Å². The maximum Gasteiger partial charge on any atom is 0.311 e. The van der Waals surface area contributed by atoms with Gasteiger partial charge in [0.2, 0.25) is 5.91 Å². The van der Waals surface area contributed by atoms with E-state index in [4.69, 9.17) is 0 Å². The van der Waals surface area contributed by atoms with Crippen molar-refractivity contribution >= 4 is 18.0 Å². The summed E-state index contributed by atoms with van der Waals surface area (Å²) in [6.07, 6.45) is 3.87. The van der Waals surface area contributed by atoms with Crippen LogP contribution in [-0.4, -0.2) is 35.0 Å². The van der Waals surface area contributed by atoms with Crippen molar-refractivity contribution in [2.75, 3.05) is 13.1 Å². The lowest BCUT2D eigenvalue weighted by Crippen LogP contribution is -2.35. The summed E-state index contributed by atoms with van der Waals surface area (Å²) in [6, 6.07) is 5.94. The number of benzene rings is 1. The normalized spacial score (nSPS) is 21.9. The summed E-state index contributed by atoms with van der Waals surface area (Å²) in [5, 5.41) is 9.30. The molecule has 0 spiro atoms. The second kappa shape index (κ2) is 6.08. The number of halogens is 1. The molecule has 112 valence electrons. The summed E-state index contributed by atoms with van der Waals surface area (Å²) < 4.78 is 13.0. The van der Waals surface area contributed by atoms with Gasteiger partial charge in [0.05, 0.1) is 5.41 Å². The molecule has 1 aliphatic rings. The first-order valence-electron chi connectivity index (χ1n) is 6.93. The van der Waals surface area contributed by atoms with E-state index in [0.717, 1.165) is 0 Å². The Kier molecular flexibility index (Phi) is 4.40. The molecule has 0 saturated carbocycles. The first-order chi connectivity index (χ1) is 9.97. The van der Waals surface area contributed by atoms with Crippen molar-refractivity contribution in [3.05, 3.63) is 41.7 Å². The van der Waals surface area contributed by atoms with E-state index in [1.165, 1.54) is 29.2 Å². The fraction of sp³-hybridized carbons (Fsp3) is 0.375. The van der Waals surface area contributed by atoms with Crippen LogP contribution in [0.15, 0.2) is 30.3 Å². The van der Waals surface area contributed by atoms with Gasteiger partial charge < -0.3 is 10.0 Å². The van der Waals surface area contributed by atoms with Crippen molar-refractivity contribution in [3.63, 3.8) is 0 Å². The van der Waals surface area contributed by atoms with E-state index in [0.29, 0.717) is 24.9 Å². The van der Waals surface area contributed by atoms with Gasteiger partial charge in [-0.25, -0.2) is 4.39 Å². The Morgan fingerprint density at radius 3 is 2.81 bits per heavy atom. The van der Waals surface area contributed by atoms with Gasteiger partial charge in [0, 0.05) is 19.2 Å². The van der Waals surface area contributed by atoms with E-state index >= 15 is 0 Å². The topological polar surface area (TPSA) is 57.6 Å². The van der Waals surface area contributed by atoms with Gasteiger partial charge in [0.1, 0.15) is 5.82 Å². The molecular weight excluding hydrogens is 273 g/mol. The second-order valence-electron chi connectivity index (χ2n) is 5.34. The monoisotopic (exact) mass is 291 g/mol. The van der Waals surface area contributed by atoms with Crippen LogP contribution in [0.1, 0.15) is 25.3 Å². The average Bonchev–Trinajstić information content (AvgIpc) is 2.91. The zero-order valence-corrected chi connectivity index (χ0v) is 11.9. The van der Waals surface area contributed by atoms with Gasteiger partial charge in [0.15, 0.2) is 0 Å². The molecule has 1 aliphatic heterocycles. The number of carboxylic acids is 1. The highest BCUT2D eigenvalue weighted by Gasteiger charge is 2.44. The lowest BCUT2D eigenvalue weighted by molar-refractivity contribution is -0.148. The number of carbonyl (C=O) groups excluding carboxylic acids is 1. The molecule has 1 N–H and O–H groups in total. The molecule has 1 unspecified atom stereocenters. The minimum Gasteiger partial charge on any atom is -0.481 e. The Morgan fingerprint density at radius 1 is 1.48 bits per heavy atom. The summed E-state index contributed by atoms with van der Waals surface area (Å²) in [4.78, 5) is 25.0. The summed E-state index contributed by atoms with van der Waals surface area (Å²) >= 11 is 0. The quantitative estimate of drug-likeness (QED) is 0.867. The van der Waals surface area contributed by atoms with Crippen molar-refractivity contribution < 1.29 is 19.1 Å². The SMILES string of the molecule is CCC1(C(=O)O)CCN(C(=O)C=Cc2cccc(F)c2)C1. The lowest BCUT2D eigenvalue weighted by atomic mass is 9.84. The fourth-order valence-electron chi connectivity index (χ4n) is 2.56. The highest BCUT2D eigenvalue weighted by atomic mass is 19.1. The Labute approximate surface area is 122 Å². The molecule has 0 bridgehead atoms. The molecule has 1 aromatic rings. The Bertz CT molecular complexity index is 585. The standard InChI is InChI=1S/C16H18FNO3/c1-2-16(15(20)21)8-9-18(11-16)14(19)7-6-12-4-3-5-13(17)10-12/h3-7,10H,2,8-9,11H2,1H3,(H,20,21). The van der Waals surface area contributed by atoms with Gasteiger partial charge >= 0.3 is 5.97 Å². The van der Waals surface area contributed by atoms with Crippen molar-refractivity contribution in [1.29, 1.82) is 0 Å². The van der Waals surface area contributed by atoms with Gasteiger partial charge in [-0.15, -0.1) is 0 Å². The van der Waals surface area contributed by atoms with Crippen molar-refractivity contribution in [3.8, 4) is 0 Å². The Morgan fingerprint density at radius 2 is 2.24 bits per heavy atom. The number of carbonyl (C=O) groups is 2. The van der Waals surface area contributed by atoms with Crippen LogP contribution in [-0.2, 0) is 9.59 Å². The molecule has 1 heterocycles. The summed E-state index contributed by atoms with van der Waals surface area (Å²) in [7, 11) is 0. The molecule has 21 heavy (non-hydrogen) atoms. The van der Waals surface area contributed by atoms with Crippen LogP contribution in [0.5, 0.6) is 0 Å². The number of rotatable bonds is 4. The lowest BCUT2D eigenvalue weighted by Gasteiger charge is -2.22. The first-order valence-corrected chi connectivity index (χ1v) is 6.93. The van der Waals surface area contributed by atoms with E-state index in [2.05, 4.69) is 0 Å². The third-order valence-corrected chi connectivity index (χ3v) is 4.06. The third-order valence-electron chi connectivity index (χ3n) is 4.06. The molecule has 0 aliphatic carbocycles. The number of nitrogens with zero attached hydrogens (tertiary/aromatic N) is 1. The largest absolute Gasteiger partial charge is 0.481 e.